The monoisotopic (exact) mass is 337 g/mol. The molecule has 22 heavy (non-hydrogen) atoms. The van der Waals surface area contributed by atoms with Crippen LogP contribution in [0.1, 0.15) is 12.5 Å². The number of sulfonamides is 1. The molecule has 0 aliphatic heterocycles. The Hall–Kier alpha value is -1.74. The first-order chi connectivity index (χ1) is 10.4. The van der Waals surface area contributed by atoms with E-state index in [2.05, 4.69) is 14.7 Å². The van der Waals surface area contributed by atoms with Gasteiger partial charge in [0.1, 0.15) is 16.1 Å². The van der Waals surface area contributed by atoms with Crippen LogP contribution in [0.2, 0.25) is 0 Å². The van der Waals surface area contributed by atoms with Gasteiger partial charge in [-0.05, 0) is 41.4 Å². The van der Waals surface area contributed by atoms with Gasteiger partial charge in [-0.25, -0.2) is 18.1 Å². The van der Waals surface area contributed by atoms with Gasteiger partial charge in [0.2, 0.25) is 10.0 Å². The average molecular weight is 337 g/mol. The lowest BCUT2D eigenvalue weighted by Gasteiger charge is -2.22. The van der Waals surface area contributed by atoms with Crippen molar-refractivity contribution in [3.63, 3.8) is 0 Å². The molecule has 3 N–H and O–H groups in total. The average Bonchev–Trinajstić information content (AvgIpc) is 3.15. The molecule has 0 radical (unpaired) electrons. The maximum Gasteiger partial charge on any atom is 0.242 e. The van der Waals surface area contributed by atoms with Crippen molar-refractivity contribution >= 4 is 32.4 Å². The van der Waals surface area contributed by atoms with E-state index in [1.807, 2.05) is 5.38 Å². The van der Waals surface area contributed by atoms with Gasteiger partial charge in [-0.3, -0.25) is 0 Å². The van der Waals surface area contributed by atoms with Crippen LogP contribution in [0.3, 0.4) is 0 Å². The van der Waals surface area contributed by atoms with E-state index < -0.39 is 15.6 Å². The summed E-state index contributed by atoms with van der Waals surface area (Å²) in [6.07, 6.45) is 2.99. The number of aromatic nitrogens is 2. The van der Waals surface area contributed by atoms with Gasteiger partial charge in [0.05, 0.1) is 0 Å². The Morgan fingerprint density at radius 2 is 2.27 bits per heavy atom. The van der Waals surface area contributed by atoms with Crippen molar-refractivity contribution in [3.8, 4) is 0 Å². The van der Waals surface area contributed by atoms with E-state index in [0.717, 1.165) is 0 Å². The highest BCUT2D eigenvalue weighted by molar-refractivity contribution is 7.89. The zero-order valence-corrected chi connectivity index (χ0v) is 13.4. The molecule has 0 aliphatic carbocycles. The molecular weight excluding hydrogens is 322 g/mol. The highest BCUT2D eigenvalue weighted by Gasteiger charge is 2.27. The summed E-state index contributed by atoms with van der Waals surface area (Å²) in [6.45, 7) is 1.47. The van der Waals surface area contributed by atoms with Gasteiger partial charge in [0.25, 0.3) is 0 Å². The van der Waals surface area contributed by atoms with E-state index in [-0.39, 0.29) is 11.4 Å². The summed E-state index contributed by atoms with van der Waals surface area (Å²) in [6, 6.07) is 5.13. The third-order valence-electron chi connectivity index (χ3n) is 3.45. The molecule has 0 saturated heterocycles. The predicted molar refractivity (Wildman–Crippen MR) is 85.2 cm³/mol. The number of fused-ring (bicyclic) bond motifs is 1. The summed E-state index contributed by atoms with van der Waals surface area (Å²) in [7, 11) is -3.75. The quantitative estimate of drug-likeness (QED) is 0.662. The van der Waals surface area contributed by atoms with Crippen molar-refractivity contribution < 1.29 is 13.5 Å². The molecule has 8 heteroatoms. The number of hydrogen-bond acceptors (Lipinski definition) is 5. The van der Waals surface area contributed by atoms with Crippen molar-refractivity contribution in [1.82, 2.24) is 14.7 Å². The number of aliphatic hydroxyl groups is 1. The Bertz CT molecular complexity index is 883. The van der Waals surface area contributed by atoms with Crippen LogP contribution in [-0.4, -0.2) is 30.0 Å². The topological polar surface area (TPSA) is 95.1 Å². The lowest BCUT2D eigenvalue weighted by atomic mass is 10.0. The third-order valence-corrected chi connectivity index (χ3v) is 5.58. The highest BCUT2D eigenvalue weighted by Crippen LogP contribution is 2.24. The summed E-state index contributed by atoms with van der Waals surface area (Å²) >= 11 is 1.45. The fourth-order valence-corrected chi connectivity index (χ4v) is 4.22. The van der Waals surface area contributed by atoms with E-state index in [1.54, 1.807) is 36.7 Å². The van der Waals surface area contributed by atoms with Crippen molar-refractivity contribution in [2.24, 2.45) is 0 Å². The second-order valence-corrected chi connectivity index (χ2v) is 7.68. The first-order valence-electron chi connectivity index (χ1n) is 6.57. The molecule has 0 aromatic carbocycles. The number of nitrogens with one attached hydrogen (secondary N) is 2. The van der Waals surface area contributed by atoms with Crippen LogP contribution in [0.15, 0.2) is 46.2 Å². The van der Waals surface area contributed by atoms with Gasteiger partial charge in [0, 0.05) is 24.3 Å². The Morgan fingerprint density at radius 1 is 1.45 bits per heavy atom. The van der Waals surface area contributed by atoms with Crippen molar-refractivity contribution in [2.45, 2.75) is 17.4 Å². The second-order valence-electron chi connectivity index (χ2n) is 5.16. The first kappa shape index (κ1) is 15.2. The van der Waals surface area contributed by atoms with Crippen LogP contribution in [0, 0.1) is 0 Å². The molecule has 3 heterocycles. The molecule has 0 aliphatic rings. The van der Waals surface area contributed by atoms with E-state index in [4.69, 9.17) is 0 Å². The van der Waals surface area contributed by atoms with E-state index in [1.165, 1.54) is 17.5 Å². The molecule has 3 rings (SSSR count). The number of nitrogens with zero attached hydrogens (tertiary/aromatic N) is 1. The second kappa shape index (κ2) is 5.47. The number of hydrogen-bond donors (Lipinski definition) is 3. The summed E-state index contributed by atoms with van der Waals surface area (Å²) in [5.41, 5.74) is -0.0782. The first-order valence-corrected chi connectivity index (χ1v) is 8.99. The largest absolute Gasteiger partial charge is 0.384 e. The number of rotatable bonds is 5. The predicted octanol–water partition coefficient (Wildman–Crippen LogP) is 1.81. The van der Waals surface area contributed by atoms with E-state index in [0.29, 0.717) is 16.6 Å². The SMILES string of the molecule is C[C@](O)(CNS(=O)(=O)c1c[nH]c2ncccc12)c1ccsc1. The molecule has 0 spiro atoms. The molecule has 0 bridgehead atoms. The van der Waals surface area contributed by atoms with Gasteiger partial charge >= 0.3 is 0 Å². The molecule has 3 aromatic rings. The third kappa shape index (κ3) is 2.78. The summed E-state index contributed by atoms with van der Waals surface area (Å²) in [5, 5.41) is 14.6. The van der Waals surface area contributed by atoms with Crippen LogP contribution in [-0.2, 0) is 15.6 Å². The highest BCUT2D eigenvalue weighted by atomic mass is 32.2. The number of aromatic amines is 1. The molecule has 3 aromatic heterocycles. The lowest BCUT2D eigenvalue weighted by Crippen LogP contribution is -2.38. The smallest absolute Gasteiger partial charge is 0.242 e. The Morgan fingerprint density at radius 3 is 3.00 bits per heavy atom. The standard InChI is InChI=1S/C14H15N3O3S2/c1-14(18,10-4-6-21-8-10)9-17-22(19,20)12-7-16-13-11(12)3-2-5-15-13/h2-8,17-18H,9H2,1H3,(H,15,16)/t14-/m0/s1. The summed E-state index contributed by atoms with van der Waals surface area (Å²) in [5.74, 6) is 0. The molecule has 0 amide bonds. The van der Waals surface area contributed by atoms with Gasteiger partial charge in [-0.2, -0.15) is 11.3 Å². The fraction of sp³-hybridized carbons (Fsp3) is 0.214. The maximum atomic E-state index is 12.5. The normalized spacial score (nSPS) is 15.0. The van der Waals surface area contributed by atoms with Crippen LogP contribution in [0.5, 0.6) is 0 Å². The minimum Gasteiger partial charge on any atom is -0.384 e. The van der Waals surface area contributed by atoms with E-state index >= 15 is 0 Å². The number of thiophene rings is 1. The molecule has 1 atom stereocenters. The van der Waals surface area contributed by atoms with Crippen LogP contribution < -0.4 is 4.72 Å². The van der Waals surface area contributed by atoms with Crippen LogP contribution >= 0.6 is 11.3 Å². The summed E-state index contributed by atoms with van der Waals surface area (Å²) in [4.78, 5) is 7.02. The number of pyridine rings is 1. The Balaban J connectivity index is 1.85. The van der Waals surface area contributed by atoms with Crippen LogP contribution in [0.4, 0.5) is 0 Å². The molecule has 6 nitrogen and oxygen atoms in total. The maximum absolute atomic E-state index is 12.5. The molecular formula is C14H15N3O3S2. The van der Waals surface area contributed by atoms with Crippen molar-refractivity contribution in [3.05, 3.63) is 46.9 Å². The fourth-order valence-electron chi connectivity index (χ4n) is 2.14. The zero-order chi connectivity index (χ0) is 15.8. The lowest BCUT2D eigenvalue weighted by molar-refractivity contribution is 0.0632. The van der Waals surface area contributed by atoms with Crippen molar-refractivity contribution in [1.29, 1.82) is 0 Å². The Labute approximate surface area is 131 Å². The van der Waals surface area contributed by atoms with Gasteiger partial charge in [-0.15, -0.1) is 0 Å². The number of H-pyrrole nitrogens is 1. The zero-order valence-electron chi connectivity index (χ0n) is 11.8. The van der Waals surface area contributed by atoms with Crippen LogP contribution in [0.25, 0.3) is 11.0 Å². The Kier molecular flexibility index (Phi) is 3.77. The van der Waals surface area contributed by atoms with Gasteiger partial charge < -0.3 is 10.1 Å². The van der Waals surface area contributed by atoms with Gasteiger partial charge in [-0.1, -0.05) is 0 Å². The molecule has 0 unspecified atom stereocenters. The minimum absolute atomic E-state index is 0.112. The van der Waals surface area contributed by atoms with Gasteiger partial charge in [0.15, 0.2) is 0 Å². The molecule has 0 fully saturated rings. The van der Waals surface area contributed by atoms with E-state index in [9.17, 15) is 13.5 Å². The minimum atomic E-state index is -3.75. The van der Waals surface area contributed by atoms with Crippen molar-refractivity contribution in [2.75, 3.05) is 6.54 Å². The summed E-state index contributed by atoms with van der Waals surface area (Å²) < 4.78 is 27.4. The molecule has 0 saturated carbocycles. The molecule has 116 valence electrons.